The largest absolute Gasteiger partial charge is 0.497 e. The second-order valence-corrected chi connectivity index (χ2v) is 11.2. The minimum atomic E-state index is -3.98. The first-order chi connectivity index (χ1) is 17.6. The zero-order valence-corrected chi connectivity index (χ0v) is 21.9. The van der Waals surface area contributed by atoms with Gasteiger partial charge in [0.1, 0.15) is 11.6 Å². The molecule has 1 saturated heterocycles. The molecule has 2 aliphatic heterocycles. The molecule has 0 aliphatic carbocycles. The Kier molecular flexibility index (Phi) is 8.15. The van der Waals surface area contributed by atoms with Crippen molar-refractivity contribution in [1.29, 1.82) is 0 Å². The van der Waals surface area contributed by atoms with Crippen LogP contribution in [0, 0.1) is 11.7 Å². The summed E-state index contributed by atoms with van der Waals surface area (Å²) in [6.45, 7) is 2.59. The molecule has 9 nitrogen and oxygen atoms in total. The van der Waals surface area contributed by atoms with Gasteiger partial charge in [-0.05, 0) is 54.7 Å². The molecule has 1 unspecified atom stereocenters. The van der Waals surface area contributed by atoms with Crippen molar-refractivity contribution in [2.45, 2.75) is 45.4 Å². The van der Waals surface area contributed by atoms with Crippen molar-refractivity contribution in [2.24, 2.45) is 5.92 Å². The maximum absolute atomic E-state index is 14.6. The van der Waals surface area contributed by atoms with Crippen LogP contribution >= 0.6 is 0 Å². The van der Waals surface area contributed by atoms with Gasteiger partial charge in [-0.3, -0.25) is 9.59 Å². The number of benzene rings is 2. The van der Waals surface area contributed by atoms with E-state index in [-0.39, 0.29) is 18.9 Å². The summed E-state index contributed by atoms with van der Waals surface area (Å²) in [5, 5.41) is 0. The van der Waals surface area contributed by atoms with E-state index in [0.29, 0.717) is 46.5 Å². The molecule has 4 rings (SSSR count). The molecule has 1 fully saturated rings. The van der Waals surface area contributed by atoms with Crippen LogP contribution in [-0.4, -0.2) is 62.4 Å². The molecule has 0 spiro atoms. The van der Waals surface area contributed by atoms with Crippen LogP contribution in [0.1, 0.15) is 48.5 Å². The summed E-state index contributed by atoms with van der Waals surface area (Å²) in [4.78, 5) is 32.9. The lowest BCUT2D eigenvalue weighted by Gasteiger charge is -2.29. The minimum Gasteiger partial charge on any atom is -0.497 e. The molecule has 0 radical (unpaired) electrons. The van der Waals surface area contributed by atoms with Crippen LogP contribution in [0.3, 0.4) is 0 Å². The van der Waals surface area contributed by atoms with Crippen LogP contribution in [0.4, 0.5) is 4.39 Å². The van der Waals surface area contributed by atoms with Crippen LogP contribution < -0.4 is 4.74 Å². The highest BCUT2D eigenvalue weighted by Crippen LogP contribution is 2.31. The molecule has 2 aromatic rings. The van der Waals surface area contributed by atoms with Gasteiger partial charge in [-0.25, -0.2) is 17.6 Å². The first-order valence-electron chi connectivity index (χ1n) is 12.2. The molecule has 2 atom stereocenters. The Morgan fingerprint density at radius 2 is 1.97 bits per heavy atom. The van der Waals surface area contributed by atoms with E-state index < -0.39 is 34.0 Å². The van der Waals surface area contributed by atoms with Gasteiger partial charge in [-0.2, -0.15) is 0 Å². The fourth-order valence-electron chi connectivity index (χ4n) is 4.43. The van der Waals surface area contributed by atoms with Crippen LogP contribution in [-0.2, 0) is 30.9 Å². The van der Waals surface area contributed by atoms with Gasteiger partial charge in [0, 0.05) is 49.2 Å². The minimum absolute atomic E-state index is 0.191. The van der Waals surface area contributed by atoms with E-state index in [2.05, 4.69) is 0 Å². The number of methoxy groups -OCH3 is 1. The number of hydrogen-bond acceptors (Lipinski definition) is 7. The van der Waals surface area contributed by atoms with Gasteiger partial charge in [-0.1, -0.05) is 13.0 Å². The van der Waals surface area contributed by atoms with E-state index in [1.807, 2.05) is 0 Å². The first-order valence-corrected chi connectivity index (χ1v) is 14.0. The van der Waals surface area contributed by atoms with Crippen molar-refractivity contribution in [2.75, 3.05) is 26.5 Å². The van der Waals surface area contributed by atoms with Crippen LogP contribution in [0.15, 0.2) is 36.4 Å². The third-order valence-electron chi connectivity index (χ3n) is 6.56. The van der Waals surface area contributed by atoms with Crippen molar-refractivity contribution >= 4 is 21.8 Å². The number of ether oxygens (including phenoxy) is 2. The molecule has 2 amide bonds. The second kappa shape index (κ2) is 11.2. The summed E-state index contributed by atoms with van der Waals surface area (Å²) in [6.07, 6.45) is 2.52. The number of amides is 2. The maximum atomic E-state index is 14.6. The molecule has 200 valence electrons. The Balaban J connectivity index is 1.41. The summed E-state index contributed by atoms with van der Waals surface area (Å²) in [6, 6.07) is 9.77. The lowest BCUT2D eigenvalue weighted by Crippen LogP contribution is -2.44. The number of nitrogens with zero attached hydrogens (tertiary/aromatic N) is 2. The molecule has 2 aliphatic rings. The number of fused-ring (bicyclic) bond motifs is 1. The predicted octanol–water partition coefficient (Wildman–Crippen LogP) is 3.73. The van der Waals surface area contributed by atoms with E-state index in [1.54, 1.807) is 42.2 Å². The van der Waals surface area contributed by atoms with Crippen LogP contribution in [0.2, 0.25) is 0 Å². The highest BCUT2D eigenvalue weighted by Gasteiger charge is 2.34. The normalized spacial score (nSPS) is 18.4. The Morgan fingerprint density at radius 3 is 2.62 bits per heavy atom. The second-order valence-electron chi connectivity index (χ2n) is 9.36. The molecule has 11 heteroatoms. The molecule has 2 aromatic carbocycles. The SMILES string of the molecule is COc1ccc(-c2ccc3c(c2)CN(CC[C@@H](C)C(=O)N(OC2CCCCO2)S(C)(=O)=O)C3=O)c(F)c1. The van der Waals surface area contributed by atoms with E-state index in [0.717, 1.165) is 24.7 Å². The van der Waals surface area contributed by atoms with Crippen molar-refractivity contribution < 1.29 is 36.7 Å². The highest BCUT2D eigenvalue weighted by atomic mass is 32.2. The van der Waals surface area contributed by atoms with Crippen molar-refractivity contribution in [3.63, 3.8) is 0 Å². The third kappa shape index (κ3) is 6.11. The number of hydrogen-bond donors (Lipinski definition) is 0. The molecule has 0 bridgehead atoms. The van der Waals surface area contributed by atoms with Gasteiger partial charge in [0.05, 0.1) is 13.4 Å². The van der Waals surface area contributed by atoms with Crippen molar-refractivity contribution in [3.8, 4) is 16.9 Å². The molecule has 37 heavy (non-hydrogen) atoms. The van der Waals surface area contributed by atoms with Gasteiger partial charge in [-0.15, -0.1) is 4.47 Å². The number of hydroxylamine groups is 1. The summed E-state index contributed by atoms with van der Waals surface area (Å²) in [5.41, 5.74) is 2.32. The van der Waals surface area contributed by atoms with E-state index in [9.17, 15) is 22.4 Å². The van der Waals surface area contributed by atoms with Gasteiger partial charge >= 0.3 is 0 Å². The maximum Gasteiger partial charge on any atom is 0.264 e. The molecule has 0 saturated carbocycles. The van der Waals surface area contributed by atoms with E-state index in [1.165, 1.54) is 13.2 Å². The quantitative estimate of drug-likeness (QED) is 0.452. The highest BCUT2D eigenvalue weighted by molar-refractivity contribution is 7.88. The molecule has 0 aromatic heterocycles. The van der Waals surface area contributed by atoms with Crippen LogP contribution in [0.5, 0.6) is 5.75 Å². The fraction of sp³-hybridized carbons (Fsp3) is 0.462. The number of sulfonamides is 1. The van der Waals surface area contributed by atoms with Crippen LogP contribution in [0.25, 0.3) is 11.1 Å². The van der Waals surface area contributed by atoms with Crippen molar-refractivity contribution in [1.82, 2.24) is 9.37 Å². The number of carbonyl (C=O) groups excluding carboxylic acids is 2. The molecule has 2 heterocycles. The van der Waals surface area contributed by atoms with Gasteiger partial charge in [0.25, 0.3) is 21.8 Å². The summed E-state index contributed by atoms with van der Waals surface area (Å²) >= 11 is 0. The number of halogens is 1. The van der Waals surface area contributed by atoms with Gasteiger partial charge in [0.2, 0.25) is 0 Å². The molecule has 0 N–H and O–H groups in total. The Labute approximate surface area is 216 Å². The number of rotatable bonds is 9. The Morgan fingerprint density at radius 1 is 1.22 bits per heavy atom. The Bertz CT molecular complexity index is 1280. The lowest BCUT2D eigenvalue weighted by atomic mass is 10.00. The summed E-state index contributed by atoms with van der Waals surface area (Å²) < 4.78 is 49.9. The zero-order chi connectivity index (χ0) is 26.7. The lowest BCUT2D eigenvalue weighted by molar-refractivity contribution is -0.249. The smallest absolute Gasteiger partial charge is 0.264 e. The Hall–Kier alpha value is -3.02. The van der Waals surface area contributed by atoms with Gasteiger partial charge < -0.3 is 14.4 Å². The topological polar surface area (TPSA) is 102 Å². The zero-order valence-electron chi connectivity index (χ0n) is 21.1. The monoisotopic (exact) mass is 534 g/mol. The number of carbonyl (C=O) groups is 2. The summed E-state index contributed by atoms with van der Waals surface area (Å²) in [5.74, 6) is -1.64. The fourth-order valence-corrected chi connectivity index (χ4v) is 5.19. The van der Waals surface area contributed by atoms with Crippen molar-refractivity contribution in [3.05, 3.63) is 53.3 Å². The van der Waals surface area contributed by atoms with Gasteiger partial charge in [0.15, 0.2) is 6.29 Å². The summed E-state index contributed by atoms with van der Waals surface area (Å²) in [7, 11) is -2.51. The predicted molar refractivity (Wildman–Crippen MR) is 133 cm³/mol. The van der Waals surface area contributed by atoms with E-state index >= 15 is 0 Å². The average Bonchev–Trinajstić information content (AvgIpc) is 3.19. The van der Waals surface area contributed by atoms with E-state index in [4.69, 9.17) is 14.3 Å². The first kappa shape index (κ1) is 27.0. The standard InChI is InChI=1S/C26H31FN2O7S/c1-17(25(30)29(37(3,32)33)36-24-6-4-5-13-35-24)11-12-28-16-19-14-18(7-9-22(19)26(28)31)21-10-8-20(34-2)15-23(21)27/h7-10,14-15,17,24H,4-6,11-13,16H2,1-3H3/t17-,24?/m1/s1. The molecular weight excluding hydrogens is 503 g/mol. The average molecular weight is 535 g/mol. The molecular formula is C26H31FN2O7S. The third-order valence-corrected chi connectivity index (χ3v) is 7.43.